The third-order valence-electron chi connectivity index (χ3n) is 4.76. The molecule has 1 aromatic heterocycles. The van der Waals surface area contributed by atoms with E-state index in [1.807, 2.05) is 45.5 Å². The lowest BCUT2D eigenvalue weighted by atomic mass is 10.1. The highest BCUT2D eigenvalue weighted by Crippen LogP contribution is 2.37. The van der Waals surface area contributed by atoms with E-state index in [1.165, 1.54) is 11.0 Å². The summed E-state index contributed by atoms with van der Waals surface area (Å²) in [7, 11) is 0. The van der Waals surface area contributed by atoms with Gasteiger partial charge in [-0.05, 0) is 41.6 Å². The van der Waals surface area contributed by atoms with Gasteiger partial charge >= 0.3 is 0 Å². The first kappa shape index (κ1) is 15.1. The van der Waals surface area contributed by atoms with Crippen molar-refractivity contribution in [2.75, 3.05) is 13.1 Å². The molecule has 0 spiro atoms. The predicted molar refractivity (Wildman–Crippen MR) is 94.9 cm³/mol. The van der Waals surface area contributed by atoms with E-state index in [0.717, 1.165) is 12.0 Å². The third-order valence-corrected chi connectivity index (χ3v) is 5.68. The van der Waals surface area contributed by atoms with Crippen LogP contribution in [0.3, 0.4) is 0 Å². The van der Waals surface area contributed by atoms with E-state index >= 15 is 0 Å². The van der Waals surface area contributed by atoms with Gasteiger partial charge in [-0.3, -0.25) is 9.59 Å². The molecular formula is C19H18N2O2S. The summed E-state index contributed by atoms with van der Waals surface area (Å²) in [5, 5.41) is 2.05. The number of benzene rings is 1. The smallest absolute Gasteiger partial charge is 0.254 e. The van der Waals surface area contributed by atoms with Crippen molar-refractivity contribution in [3.8, 4) is 10.4 Å². The van der Waals surface area contributed by atoms with Crippen LogP contribution in [0.4, 0.5) is 0 Å². The Bertz CT molecular complexity index is 782. The predicted octanol–water partition coefficient (Wildman–Crippen LogP) is 3.03. The lowest BCUT2D eigenvalue weighted by Gasteiger charge is -2.33. The first-order valence-corrected chi connectivity index (χ1v) is 8.95. The Morgan fingerprint density at radius 3 is 2.46 bits per heavy atom. The van der Waals surface area contributed by atoms with Gasteiger partial charge in [0.2, 0.25) is 5.91 Å². The maximum Gasteiger partial charge on any atom is 0.254 e. The van der Waals surface area contributed by atoms with E-state index in [0.29, 0.717) is 18.7 Å². The number of amides is 2. The van der Waals surface area contributed by atoms with E-state index in [9.17, 15) is 9.59 Å². The van der Waals surface area contributed by atoms with E-state index < -0.39 is 0 Å². The maximum atomic E-state index is 12.8. The number of thiophene rings is 1. The first-order chi connectivity index (χ1) is 11.7. The molecule has 4 rings (SSSR count). The Hall–Kier alpha value is -2.40. The molecule has 24 heavy (non-hydrogen) atoms. The van der Waals surface area contributed by atoms with Gasteiger partial charge in [-0.2, -0.15) is 0 Å². The van der Waals surface area contributed by atoms with Crippen molar-refractivity contribution in [3.63, 3.8) is 0 Å². The summed E-state index contributed by atoms with van der Waals surface area (Å²) in [4.78, 5) is 29.5. The number of carbonyl (C=O) groups is 2. The van der Waals surface area contributed by atoms with Crippen LogP contribution in [0, 0.1) is 0 Å². The molecule has 2 atom stereocenters. The average molecular weight is 338 g/mol. The molecule has 122 valence electrons. The first-order valence-electron chi connectivity index (χ1n) is 8.07. The van der Waals surface area contributed by atoms with E-state index in [1.54, 1.807) is 11.3 Å². The lowest BCUT2D eigenvalue weighted by Crippen LogP contribution is -2.50. The molecule has 0 bridgehead atoms. The number of rotatable bonds is 3. The normalized spacial score (nSPS) is 22.0. The Morgan fingerprint density at radius 2 is 1.79 bits per heavy atom. The summed E-state index contributed by atoms with van der Waals surface area (Å²) in [6.07, 6.45) is 2.23. The minimum atomic E-state index is -0.0325. The highest BCUT2D eigenvalue weighted by Gasteiger charge is 2.51. The molecule has 1 aromatic carbocycles. The van der Waals surface area contributed by atoms with Crippen LogP contribution in [0.15, 0.2) is 54.4 Å². The van der Waals surface area contributed by atoms with Crippen molar-refractivity contribution in [1.82, 2.24) is 9.80 Å². The lowest BCUT2D eigenvalue weighted by molar-refractivity contribution is -0.127. The van der Waals surface area contributed by atoms with E-state index in [2.05, 4.69) is 12.6 Å². The second-order valence-electron chi connectivity index (χ2n) is 6.16. The van der Waals surface area contributed by atoms with Gasteiger partial charge < -0.3 is 9.80 Å². The average Bonchev–Trinajstić information content (AvgIpc) is 3.24. The zero-order valence-corrected chi connectivity index (χ0v) is 14.0. The molecule has 2 amide bonds. The van der Waals surface area contributed by atoms with Gasteiger partial charge in [0.05, 0.1) is 12.1 Å². The van der Waals surface area contributed by atoms with Gasteiger partial charge in [-0.1, -0.05) is 24.8 Å². The maximum absolute atomic E-state index is 12.8. The minimum Gasteiger partial charge on any atom is -0.332 e. The van der Waals surface area contributed by atoms with Crippen LogP contribution in [0.5, 0.6) is 0 Å². The van der Waals surface area contributed by atoms with Crippen LogP contribution in [0.25, 0.3) is 10.4 Å². The fourth-order valence-electron chi connectivity index (χ4n) is 3.41. The second kappa shape index (κ2) is 5.91. The highest BCUT2D eigenvalue weighted by molar-refractivity contribution is 7.13. The monoisotopic (exact) mass is 338 g/mol. The largest absolute Gasteiger partial charge is 0.332 e. The molecule has 2 aliphatic rings. The van der Waals surface area contributed by atoms with Crippen molar-refractivity contribution in [2.45, 2.75) is 18.5 Å². The Kier molecular flexibility index (Phi) is 3.73. The molecule has 2 unspecified atom stereocenters. The van der Waals surface area contributed by atoms with Crippen molar-refractivity contribution in [2.24, 2.45) is 0 Å². The van der Waals surface area contributed by atoms with Crippen molar-refractivity contribution < 1.29 is 9.59 Å². The van der Waals surface area contributed by atoms with Crippen molar-refractivity contribution in [3.05, 3.63) is 60.0 Å². The molecule has 2 aromatic rings. The van der Waals surface area contributed by atoms with Crippen LogP contribution in [0.2, 0.25) is 0 Å². The van der Waals surface area contributed by atoms with Crippen LogP contribution in [-0.4, -0.2) is 46.8 Å². The van der Waals surface area contributed by atoms with Crippen LogP contribution in [-0.2, 0) is 4.79 Å². The SMILES string of the molecule is C=CC(=O)N1CCN(C(=O)c2ccc(-c3cccs3)cc2)C2CC21. The minimum absolute atomic E-state index is 0.0325. The zero-order valence-electron chi connectivity index (χ0n) is 13.2. The summed E-state index contributed by atoms with van der Waals surface area (Å²) in [6, 6.07) is 12.2. The van der Waals surface area contributed by atoms with Gasteiger partial charge in [0.1, 0.15) is 0 Å². The molecule has 5 heteroatoms. The molecule has 4 nitrogen and oxygen atoms in total. The van der Waals surface area contributed by atoms with Gasteiger partial charge in [0, 0.05) is 23.5 Å². The molecule has 1 saturated heterocycles. The molecule has 1 aliphatic carbocycles. The topological polar surface area (TPSA) is 40.6 Å². The number of carbonyl (C=O) groups excluding carboxylic acids is 2. The summed E-state index contributed by atoms with van der Waals surface area (Å²) < 4.78 is 0. The highest BCUT2D eigenvalue weighted by atomic mass is 32.1. The van der Waals surface area contributed by atoms with Crippen LogP contribution >= 0.6 is 11.3 Å². The molecule has 0 radical (unpaired) electrons. The van der Waals surface area contributed by atoms with Crippen molar-refractivity contribution >= 4 is 23.2 Å². The van der Waals surface area contributed by atoms with Crippen LogP contribution in [0.1, 0.15) is 16.8 Å². The van der Waals surface area contributed by atoms with Gasteiger partial charge in [0.25, 0.3) is 5.91 Å². The standard InChI is InChI=1S/C19H18N2O2S/c1-2-18(22)20-9-10-21(16-12-15(16)20)19(23)14-7-5-13(6-8-14)17-4-3-11-24-17/h2-8,11,15-16H,1,9-10,12H2. The third kappa shape index (κ3) is 2.55. The van der Waals surface area contributed by atoms with Crippen LogP contribution < -0.4 is 0 Å². The zero-order chi connectivity index (χ0) is 16.7. The fraction of sp³-hybridized carbons (Fsp3) is 0.263. The number of hydrogen-bond acceptors (Lipinski definition) is 3. The van der Waals surface area contributed by atoms with E-state index in [4.69, 9.17) is 0 Å². The number of hydrogen-bond donors (Lipinski definition) is 0. The molecule has 1 saturated carbocycles. The summed E-state index contributed by atoms with van der Waals surface area (Å²) in [5.41, 5.74) is 1.84. The molecule has 0 N–H and O–H groups in total. The Morgan fingerprint density at radius 1 is 1.08 bits per heavy atom. The summed E-state index contributed by atoms with van der Waals surface area (Å²) in [5.74, 6) is 0.0285. The van der Waals surface area contributed by atoms with Gasteiger partial charge in [-0.15, -0.1) is 11.3 Å². The Labute approximate surface area is 145 Å². The molecule has 2 fully saturated rings. The summed E-state index contributed by atoms with van der Waals surface area (Å²) >= 11 is 1.69. The van der Waals surface area contributed by atoms with Crippen molar-refractivity contribution in [1.29, 1.82) is 0 Å². The van der Waals surface area contributed by atoms with Gasteiger partial charge in [-0.25, -0.2) is 0 Å². The quantitative estimate of drug-likeness (QED) is 0.807. The molecule has 2 heterocycles. The second-order valence-corrected chi connectivity index (χ2v) is 7.11. The number of nitrogens with zero attached hydrogens (tertiary/aromatic N) is 2. The van der Waals surface area contributed by atoms with E-state index in [-0.39, 0.29) is 23.9 Å². The number of fused-ring (bicyclic) bond motifs is 1. The van der Waals surface area contributed by atoms with Gasteiger partial charge in [0.15, 0.2) is 0 Å². The summed E-state index contributed by atoms with van der Waals surface area (Å²) in [6.45, 7) is 4.73. The molecule has 1 aliphatic heterocycles. The number of piperazine rings is 1. The molecular weight excluding hydrogens is 320 g/mol. The Balaban J connectivity index is 1.47. The fourth-order valence-corrected chi connectivity index (χ4v) is 4.15.